The first-order valence-electron chi connectivity index (χ1n) is 6.85. The number of hydrogen-bond acceptors (Lipinski definition) is 3. The zero-order valence-corrected chi connectivity index (χ0v) is 12.9. The Bertz CT molecular complexity index is 236. The molecule has 1 unspecified atom stereocenters. The molecule has 1 atom stereocenters. The molecular weight excluding hydrogens is 228 g/mol. The predicted molar refractivity (Wildman–Crippen MR) is 75.7 cm³/mol. The van der Waals surface area contributed by atoms with E-state index in [-0.39, 0.29) is 17.5 Å². The van der Waals surface area contributed by atoms with E-state index in [1.807, 2.05) is 4.90 Å². The average Bonchev–Trinajstić information content (AvgIpc) is 2.27. The molecule has 0 saturated heterocycles. The molecule has 0 aliphatic heterocycles. The van der Waals surface area contributed by atoms with E-state index in [2.05, 4.69) is 39.9 Å². The van der Waals surface area contributed by atoms with E-state index in [4.69, 9.17) is 4.74 Å². The number of hydrogen-bond donors (Lipinski definition) is 1. The number of methoxy groups -OCH3 is 1. The number of amides is 1. The summed E-state index contributed by atoms with van der Waals surface area (Å²) in [4.78, 5) is 14.1. The molecule has 0 radical (unpaired) electrons. The lowest BCUT2D eigenvalue weighted by Crippen LogP contribution is -2.43. The summed E-state index contributed by atoms with van der Waals surface area (Å²) >= 11 is 0. The highest BCUT2D eigenvalue weighted by atomic mass is 16.5. The molecule has 0 aliphatic carbocycles. The molecule has 1 N–H and O–H groups in total. The lowest BCUT2D eigenvalue weighted by Gasteiger charge is -2.29. The Morgan fingerprint density at radius 3 is 2.44 bits per heavy atom. The molecular formula is C14H30N2O2. The fourth-order valence-electron chi connectivity index (χ4n) is 1.69. The van der Waals surface area contributed by atoms with Crippen LogP contribution < -0.4 is 5.32 Å². The number of carbonyl (C=O) groups is 1. The van der Waals surface area contributed by atoms with Crippen molar-refractivity contribution in [3.63, 3.8) is 0 Å². The van der Waals surface area contributed by atoms with Crippen LogP contribution in [0, 0.1) is 0 Å². The standard InChI is InChI=1S/C14H30N2O2/c1-7-12(2)16(10-11-18-6)13(17)8-9-15-14(3,4)5/h12,15H,7-11H2,1-6H3. The molecule has 0 fully saturated rings. The van der Waals surface area contributed by atoms with Crippen molar-refractivity contribution in [1.82, 2.24) is 10.2 Å². The van der Waals surface area contributed by atoms with Gasteiger partial charge in [0.1, 0.15) is 0 Å². The van der Waals surface area contributed by atoms with Gasteiger partial charge in [-0.05, 0) is 34.1 Å². The number of nitrogens with one attached hydrogen (secondary N) is 1. The third-order valence-corrected chi connectivity index (χ3v) is 2.97. The largest absolute Gasteiger partial charge is 0.383 e. The molecule has 1 amide bonds. The van der Waals surface area contributed by atoms with Gasteiger partial charge in [-0.25, -0.2) is 0 Å². The van der Waals surface area contributed by atoms with Crippen molar-refractivity contribution in [3.8, 4) is 0 Å². The van der Waals surface area contributed by atoms with E-state index < -0.39 is 0 Å². The SMILES string of the molecule is CCC(C)N(CCOC)C(=O)CCNC(C)(C)C. The topological polar surface area (TPSA) is 41.6 Å². The van der Waals surface area contributed by atoms with Crippen molar-refractivity contribution in [2.24, 2.45) is 0 Å². The van der Waals surface area contributed by atoms with Gasteiger partial charge in [0.25, 0.3) is 0 Å². The quantitative estimate of drug-likeness (QED) is 0.724. The summed E-state index contributed by atoms with van der Waals surface area (Å²) in [5.41, 5.74) is 0.0635. The molecule has 0 aromatic rings. The third-order valence-electron chi connectivity index (χ3n) is 2.97. The zero-order valence-electron chi connectivity index (χ0n) is 12.9. The molecule has 0 saturated carbocycles. The molecule has 4 heteroatoms. The van der Waals surface area contributed by atoms with Crippen LogP contribution in [0.15, 0.2) is 0 Å². The van der Waals surface area contributed by atoms with E-state index in [1.54, 1.807) is 7.11 Å². The summed E-state index contributed by atoms with van der Waals surface area (Å²) in [6.07, 6.45) is 1.52. The van der Waals surface area contributed by atoms with Gasteiger partial charge in [-0.2, -0.15) is 0 Å². The van der Waals surface area contributed by atoms with Gasteiger partial charge in [0, 0.05) is 38.2 Å². The van der Waals surface area contributed by atoms with E-state index >= 15 is 0 Å². The second-order valence-corrected chi connectivity index (χ2v) is 5.76. The second-order valence-electron chi connectivity index (χ2n) is 5.76. The number of nitrogens with zero attached hydrogens (tertiary/aromatic N) is 1. The van der Waals surface area contributed by atoms with Gasteiger partial charge >= 0.3 is 0 Å². The maximum absolute atomic E-state index is 12.2. The lowest BCUT2D eigenvalue weighted by molar-refractivity contribution is -0.133. The van der Waals surface area contributed by atoms with Crippen molar-refractivity contribution in [1.29, 1.82) is 0 Å². The Morgan fingerprint density at radius 1 is 1.39 bits per heavy atom. The molecule has 4 nitrogen and oxygen atoms in total. The van der Waals surface area contributed by atoms with Crippen LogP contribution in [0.1, 0.15) is 47.5 Å². The molecule has 0 heterocycles. The van der Waals surface area contributed by atoms with Crippen LogP contribution in [-0.4, -0.2) is 49.2 Å². The van der Waals surface area contributed by atoms with E-state index in [1.165, 1.54) is 0 Å². The molecule has 0 bridgehead atoms. The summed E-state index contributed by atoms with van der Waals surface area (Å²) in [7, 11) is 1.67. The number of carbonyl (C=O) groups excluding carboxylic acids is 1. The molecule has 0 aromatic heterocycles. The highest BCUT2D eigenvalue weighted by molar-refractivity contribution is 5.76. The van der Waals surface area contributed by atoms with Crippen LogP contribution in [-0.2, 0) is 9.53 Å². The average molecular weight is 258 g/mol. The Kier molecular flexibility index (Phi) is 8.20. The van der Waals surface area contributed by atoms with E-state index in [0.29, 0.717) is 19.6 Å². The van der Waals surface area contributed by atoms with Crippen LogP contribution in [0.5, 0.6) is 0 Å². The van der Waals surface area contributed by atoms with E-state index in [9.17, 15) is 4.79 Å². The van der Waals surface area contributed by atoms with Gasteiger partial charge < -0.3 is 15.0 Å². The predicted octanol–water partition coefficient (Wildman–Crippen LogP) is 2.04. The highest BCUT2D eigenvalue weighted by Gasteiger charge is 2.18. The van der Waals surface area contributed by atoms with Crippen LogP contribution in [0.3, 0.4) is 0 Å². The molecule has 0 aliphatic rings. The van der Waals surface area contributed by atoms with Crippen molar-refractivity contribution < 1.29 is 9.53 Å². The highest BCUT2D eigenvalue weighted by Crippen LogP contribution is 2.06. The van der Waals surface area contributed by atoms with Gasteiger partial charge in [-0.3, -0.25) is 4.79 Å². The molecule has 0 aromatic carbocycles. The zero-order chi connectivity index (χ0) is 14.2. The van der Waals surface area contributed by atoms with Gasteiger partial charge in [-0.15, -0.1) is 0 Å². The van der Waals surface area contributed by atoms with Crippen LogP contribution in [0.4, 0.5) is 0 Å². The number of rotatable bonds is 8. The minimum atomic E-state index is 0.0635. The normalized spacial score (nSPS) is 13.4. The minimum absolute atomic E-state index is 0.0635. The van der Waals surface area contributed by atoms with Gasteiger partial charge in [-0.1, -0.05) is 6.92 Å². The van der Waals surface area contributed by atoms with Crippen molar-refractivity contribution in [2.45, 2.75) is 59.0 Å². The van der Waals surface area contributed by atoms with Crippen molar-refractivity contribution in [3.05, 3.63) is 0 Å². The Morgan fingerprint density at radius 2 is 2.00 bits per heavy atom. The molecule has 0 rings (SSSR count). The van der Waals surface area contributed by atoms with Crippen LogP contribution >= 0.6 is 0 Å². The Balaban J connectivity index is 4.20. The van der Waals surface area contributed by atoms with Gasteiger partial charge in [0.2, 0.25) is 5.91 Å². The summed E-state index contributed by atoms with van der Waals surface area (Å²) in [6.45, 7) is 12.5. The Labute approximate surface area is 112 Å². The minimum Gasteiger partial charge on any atom is -0.383 e. The molecule has 18 heavy (non-hydrogen) atoms. The van der Waals surface area contributed by atoms with Crippen molar-refractivity contribution in [2.75, 3.05) is 26.8 Å². The second kappa shape index (κ2) is 8.48. The number of ether oxygens (including phenoxy) is 1. The summed E-state index contributed by atoms with van der Waals surface area (Å²) in [5.74, 6) is 0.207. The monoisotopic (exact) mass is 258 g/mol. The molecule has 0 spiro atoms. The van der Waals surface area contributed by atoms with Crippen LogP contribution in [0.25, 0.3) is 0 Å². The van der Waals surface area contributed by atoms with Gasteiger partial charge in [0.15, 0.2) is 0 Å². The summed E-state index contributed by atoms with van der Waals surface area (Å²) < 4.78 is 5.07. The van der Waals surface area contributed by atoms with Gasteiger partial charge in [0.05, 0.1) is 6.61 Å². The first kappa shape index (κ1) is 17.4. The summed E-state index contributed by atoms with van der Waals surface area (Å²) in [6, 6.07) is 0.280. The summed E-state index contributed by atoms with van der Waals surface area (Å²) in [5, 5.41) is 3.34. The smallest absolute Gasteiger partial charge is 0.224 e. The van der Waals surface area contributed by atoms with Crippen LogP contribution in [0.2, 0.25) is 0 Å². The lowest BCUT2D eigenvalue weighted by atomic mass is 10.1. The first-order chi connectivity index (χ1) is 8.31. The third kappa shape index (κ3) is 7.67. The fourth-order valence-corrected chi connectivity index (χ4v) is 1.69. The Hall–Kier alpha value is -0.610. The first-order valence-corrected chi connectivity index (χ1v) is 6.85. The fraction of sp³-hybridized carbons (Fsp3) is 0.929. The molecule has 108 valence electrons. The van der Waals surface area contributed by atoms with Crippen molar-refractivity contribution >= 4 is 5.91 Å². The maximum atomic E-state index is 12.2. The van der Waals surface area contributed by atoms with E-state index in [0.717, 1.165) is 13.0 Å². The maximum Gasteiger partial charge on any atom is 0.224 e.